The first-order valence-corrected chi connectivity index (χ1v) is 9.23. The molecule has 1 aromatic heterocycles. The fourth-order valence-electron chi connectivity index (χ4n) is 3.24. The summed E-state index contributed by atoms with van der Waals surface area (Å²) in [5, 5.41) is 3.13. The monoisotopic (exact) mass is 369 g/mol. The highest BCUT2D eigenvalue weighted by Crippen LogP contribution is 2.23. The minimum Gasteiger partial charge on any atom is -0.368 e. The first kappa shape index (κ1) is 19.0. The number of hydrogen-bond acceptors (Lipinski definition) is 7. The molecule has 1 amide bonds. The molecule has 8 heteroatoms. The van der Waals surface area contributed by atoms with Crippen LogP contribution in [0.15, 0.2) is 30.3 Å². The van der Waals surface area contributed by atoms with Gasteiger partial charge in [0, 0.05) is 38.8 Å². The van der Waals surface area contributed by atoms with Crippen molar-refractivity contribution in [2.24, 2.45) is 0 Å². The second-order valence-electron chi connectivity index (χ2n) is 7.07. The largest absolute Gasteiger partial charge is 0.368 e. The third-order valence-electron chi connectivity index (χ3n) is 4.88. The lowest BCUT2D eigenvalue weighted by Gasteiger charge is -2.35. The van der Waals surface area contributed by atoms with Crippen LogP contribution in [-0.4, -0.2) is 59.0 Å². The van der Waals surface area contributed by atoms with E-state index in [2.05, 4.69) is 32.1 Å². The van der Waals surface area contributed by atoms with E-state index in [4.69, 9.17) is 5.73 Å². The first-order valence-electron chi connectivity index (χ1n) is 9.23. The number of anilines is 2. The van der Waals surface area contributed by atoms with Gasteiger partial charge in [0.15, 0.2) is 5.82 Å². The summed E-state index contributed by atoms with van der Waals surface area (Å²) in [6.07, 6.45) is 1.79. The van der Waals surface area contributed by atoms with Crippen LogP contribution in [0.1, 0.15) is 42.0 Å². The van der Waals surface area contributed by atoms with E-state index < -0.39 is 0 Å². The Labute approximate surface area is 159 Å². The average Bonchev–Trinajstić information content (AvgIpc) is 2.68. The summed E-state index contributed by atoms with van der Waals surface area (Å²) in [5.74, 6) is 1.47. The van der Waals surface area contributed by atoms with Gasteiger partial charge in [-0.15, -0.1) is 0 Å². The van der Waals surface area contributed by atoms with E-state index in [0.29, 0.717) is 17.3 Å². The number of benzene rings is 1. The lowest BCUT2D eigenvalue weighted by atomic mass is 10.0. The molecule has 2 aromatic rings. The second-order valence-corrected chi connectivity index (χ2v) is 7.07. The normalized spacial score (nSPS) is 16.7. The number of hydrogen-bond donors (Lipinski definition) is 2. The number of aromatic nitrogens is 3. The van der Waals surface area contributed by atoms with Gasteiger partial charge in [-0.25, -0.2) is 0 Å². The fourth-order valence-corrected chi connectivity index (χ4v) is 3.24. The molecule has 3 N–H and O–H groups in total. The molecule has 1 atom stereocenters. The van der Waals surface area contributed by atoms with E-state index in [9.17, 15) is 4.79 Å². The molecule has 1 aliphatic heterocycles. The van der Waals surface area contributed by atoms with E-state index >= 15 is 0 Å². The van der Waals surface area contributed by atoms with Gasteiger partial charge in [-0.3, -0.25) is 9.69 Å². The van der Waals surface area contributed by atoms with Crippen LogP contribution in [0.25, 0.3) is 0 Å². The lowest BCUT2D eigenvalue weighted by molar-refractivity contribution is 0.0893. The van der Waals surface area contributed by atoms with Crippen molar-refractivity contribution in [2.75, 3.05) is 37.8 Å². The van der Waals surface area contributed by atoms with Gasteiger partial charge in [0.25, 0.3) is 5.91 Å². The maximum absolute atomic E-state index is 12.3. The Kier molecular flexibility index (Phi) is 5.85. The van der Waals surface area contributed by atoms with Gasteiger partial charge in [-0.1, -0.05) is 18.2 Å². The molecule has 0 unspecified atom stereocenters. The SMILES string of the molecule is C[C@@H](c1nc(N)nc(N(C)C)n1)N1CCC(NC(=O)c2ccccc2)CC1. The quantitative estimate of drug-likeness (QED) is 0.823. The van der Waals surface area contributed by atoms with Gasteiger partial charge in [0.2, 0.25) is 11.9 Å². The number of nitrogen functional groups attached to an aromatic ring is 1. The van der Waals surface area contributed by atoms with Gasteiger partial charge < -0.3 is 16.0 Å². The Hall–Kier alpha value is -2.74. The number of carbonyl (C=O) groups excluding carboxylic acids is 1. The molecule has 0 radical (unpaired) electrons. The molecule has 1 aliphatic rings. The Balaban J connectivity index is 1.58. The third kappa shape index (κ3) is 4.71. The van der Waals surface area contributed by atoms with Gasteiger partial charge in [0.1, 0.15) is 0 Å². The van der Waals surface area contributed by atoms with Crippen LogP contribution in [0.3, 0.4) is 0 Å². The molecule has 27 heavy (non-hydrogen) atoms. The predicted molar refractivity (Wildman–Crippen MR) is 105 cm³/mol. The number of piperidine rings is 1. The highest BCUT2D eigenvalue weighted by Gasteiger charge is 2.26. The summed E-state index contributed by atoms with van der Waals surface area (Å²) >= 11 is 0. The minimum absolute atomic E-state index is 0.0111. The Morgan fingerprint density at radius 2 is 1.85 bits per heavy atom. The number of nitrogens with one attached hydrogen (secondary N) is 1. The Morgan fingerprint density at radius 1 is 1.19 bits per heavy atom. The number of nitrogens with two attached hydrogens (primary N) is 1. The van der Waals surface area contributed by atoms with Crippen LogP contribution in [0.5, 0.6) is 0 Å². The van der Waals surface area contributed by atoms with Crippen molar-refractivity contribution < 1.29 is 4.79 Å². The van der Waals surface area contributed by atoms with Crippen LogP contribution >= 0.6 is 0 Å². The first-order chi connectivity index (χ1) is 12.9. The summed E-state index contributed by atoms with van der Waals surface area (Å²) in [6.45, 7) is 3.81. The minimum atomic E-state index is -0.0111. The van der Waals surface area contributed by atoms with Crippen LogP contribution in [0.4, 0.5) is 11.9 Å². The topological polar surface area (TPSA) is 100 Å². The van der Waals surface area contributed by atoms with Crippen molar-refractivity contribution in [3.05, 3.63) is 41.7 Å². The third-order valence-corrected chi connectivity index (χ3v) is 4.88. The molecule has 0 bridgehead atoms. The van der Waals surface area contributed by atoms with Crippen LogP contribution in [-0.2, 0) is 0 Å². The molecule has 2 heterocycles. The van der Waals surface area contributed by atoms with Gasteiger partial charge in [0.05, 0.1) is 6.04 Å². The van der Waals surface area contributed by atoms with E-state index in [1.54, 1.807) is 0 Å². The Morgan fingerprint density at radius 3 is 2.48 bits per heavy atom. The maximum atomic E-state index is 12.3. The molecule has 0 saturated carbocycles. The summed E-state index contributed by atoms with van der Waals surface area (Å²) in [7, 11) is 3.76. The van der Waals surface area contributed by atoms with Crippen LogP contribution < -0.4 is 16.0 Å². The highest BCUT2D eigenvalue weighted by atomic mass is 16.1. The summed E-state index contributed by atoms with van der Waals surface area (Å²) in [4.78, 5) is 29.4. The van der Waals surface area contributed by atoms with Crippen molar-refractivity contribution in [3.63, 3.8) is 0 Å². The van der Waals surface area contributed by atoms with E-state index in [1.165, 1.54) is 0 Å². The summed E-state index contributed by atoms with van der Waals surface area (Å²) < 4.78 is 0. The molecule has 0 aliphatic carbocycles. The standard InChI is InChI=1S/C19H27N7O/c1-13(16-22-18(20)24-19(23-16)25(2)3)26-11-9-15(10-12-26)21-17(27)14-7-5-4-6-8-14/h4-8,13,15H,9-12H2,1-3H3,(H,21,27)(H2,20,22,23,24)/t13-/m0/s1. The molecule has 1 saturated heterocycles. The molecule has 1 aromatic carbocycles. The van der Waals surface area contributed by atoms with E-state index in [-0.39, 0.29) is 23.9 Å². The summed E-state index contributed by atoms with van der Waals surface area (Å²) in [5.41, 5.74) is 6.54. The lowest BCUT2D eigenvalue weighted by Crippen LogP contribution is -2.45. The molecular formula is C19H27N7O. The Bertz CT molecular complexity index is 773. The van der Waals surface area contributed by atoms with Gasteiger partial charge >= 0.3 is 0 Å². The molecular weight excluding hydrogens is 342 g/mol. The van der Waals surface area contributed by atoms with Crippen molar-refractivity contribution in [1.29, 1.82) is 0 Å². The number of amides is 1. The van der Waals surface area contributed by atoms with Crippen molar-refractivity contribution in [2.45, 2.75) is 31.8 Å². The number of likely N-dealkylation sites (tertiary alicyclic amines) is 1. The highest BCUT2D eigenvalue weighted by molar-refractivity contribution is 5.94. The van der Waals surface area contributed by atoms with Crippen molar-refractivity contribution in [1.82, 2.24) is 25.2 Å². The number of nitrogens with zero attached hydrogens (tertiary/aromatic N) is 5. The van der Waals surface area contributed by atoms with Crippen molar-refractivity contribution in [3.8, 4) is 0 Å². The number of carbonyl (C=O) groups is 1. The fraction of sp³-hybridized carbons (Fsp3) is 0.474. The average molecular weight is 369 g/mol. The molecule has 3 rings (SSSR count). The predicted octanol–water partition coefficient (Wildman–Crippen LogP) is 1.48. The zero-order chi connectivity index (χ0) is 19.4. The van der Waals surface area contributed by atoms with Crippen molar-refractivity contribution >= 4 is 17.8 Å². The summed E-state index contributed by atoms with van der Waals surface area (Å²) in [6, 6.07) is 9.55. The van der Waals surface area contributed by atoms with Gasteiger partial charge in [-0.05, 0) is 31.9 Å². The van der Waals surface area contributed by atoms with E-state index in [0.717, 1.165) is 25.9 Å². The molecule has 144 valence electrons. The van der Waals surface area contributed by atoms with Crippen LogP contribution in [0, 0.1) is 0 Å². The second kappa shape index (κ2) is 8.30. The van der Waals surface area contributed by atoms with E-state index in [1.807, 2.05) is 49.3 Å². The molecule has 0 spiro atoms. The molecule has 1 fully saturated rings. The zero-order valence-electron chi connectivity index (χ0n) is 16.1. The molecule has 8 nitrogen and oxygen atoms in total. The number of rotatable bonds is 5. The smallest absolute Gasteiger partial charge is 0.251 e. The zero-order valence-corrected chi connectivity index (χ0v) is 16.1. The van der Waals surface area contributed by atoms with Gasteiger partial charge in [-0.2, -0.15) is 15.0 Å². The van der Waals surface area contributed by atoms with Crippen LogP contribution in [0.2, 0.25) is 0 Å². The maximum Gasteiger partial charge on any atom is 0.251 e.